The highest BCUT2D eigenvalue weighted by Gasteiger charge is 2.35. The Labute approximate surface area is 94.7 Å². The van der Waals surface area contributed by atoms with Crippen molar-refractivity contribution < 1.29 is 4.74 Å². The van der Waals surface area contributed by atoms with E-state index in [0.717, 1.165) is 23.7 Å². The van der Waals surface area contributed by atoms with E-state index in [9.17, 15) is 0 Å². The molecule has 2 heterocycles. The third kappa shape index (κ3) is 2.07. The van der Waals surface area contributed by atoms with Crippen molar-refractivity contribution in [3.8, 4) is 0 Å². The summed E-state index contributed by atoms with van der Waals surface area (Å²) in [5.41, 5.74) is 7.01. The van der Waals surface area contributed by atoms with Crippen LogP contribution in [0, 0.1) is 0 Å². The maximum absolute atomic E-state index is 6.26. The van der Waals surface area contributed by atoms with Gasteiger partial charge in [0, 0.05) is 17.4 Å². The highest BCUT2D eigenvalue weighted by Crippen LogP contribution is 2.32. The van der Waals surface area contributed by atoms with Crippen molar-refractivity contribution in [2.24, 2.45) is 5.73 Å². The quantitative estimate of drug-likeness (QED) is 0.797. The average Bonchev–Trinajstić information content (AvgIpc) is 2.69. The van der Waals surface area contributed by atoms with Crippen LogP contribution in [0.2, 0.25) is 0 Å². The molecule has 0 spiro atoms. The van der Waals surface area contributed by atoms with Gasteiger partial charge in [0.15, 0.2) is 0 Å². The van der Waals surface area contributed by atoms with Gasteiger partial charge < -0.3 is 10.5 Å². The molecule has 0 radical (unpaired) electrons. The molecule has 0 saturated carbocycles. The molecule has 1 aliphatic heterocycles. The van der Waals surface area contributed by atoms with E-state index in [-0.39, 0.29) is 11.0 Å². The number of nitrogens with zero attached hydrogens (tertiary/aromatic N) is 1. The van der Waals surface area contributed by atoms with Gasteiger partial charge in [0.05, 0.1) is 22.8 Å². The number of thiazole rings is 1. The van der Waals surface area contributed by atoms with Gasteiger partial charge >= 0.3 is 0 Å². The van der Waals surface area contributed by atoms with Crippen molar-refractivity contribution in [2.75, 3.05) is 13.2 Å². The van der Waals surface area contributed by atoms with Gasteiger partial charge in [-0.2, -0.15) is 0 Å². The second-order valence-electron chi connectivity index (χ2n) is 5.25. The van der Waals surface area contributed by atoms with Gasteiger partial charge in [-0.1, -0.05) is 20.8 Å². The lowest BCUT2D eigenvalue weighted by Gasteiger charge is -2.19. The highest BCUT2D eigenvalue weighted by atomic mass is 32.1. The number of hydrogen-bond donors (Lipinski definition) is 1. The van der Waals surface area contributed by atoms with Crippen LogP contribution >= 0.6 is 11.3 Å². The summed E-state index contributed by atoms with van der Waals surface area (Å²) in [7, 11) is 0. The van der Waals surface area contributed by atoms with Crippen LogP contribution in [0.3, 0.4) is 0 Å². The number of nitrogens with two attached hydrogens (primary N) is 1. The van der Waals surface area contributed by atoms with Crippen LogP contribution in [0.25, 0.3) is 0 Å². The summed E-state index contributed by atoms with van der Waals surface area (Å²) >= 11 is 1.70. The third-order valence-corrected chi connectivity index (χ3v) is 3.98. The van der Waals surface area contributed by atoms with Crippen molar-refractivity contribution >= 4 is 11.3 Å². The zero-order valence-corrected chi connectivity index (χ0v) is 10.4. The first-order valence-electron chi connectivity index (χ1n) is 5.25. The topological polar surface area (TPSA) is 48.1 Å². The van der Waals surface area contributed by atoms with Crippen molar-refractivity contribution in [3.63, 3.8) is 0 Å². The summed E-state index contributed by atoms with van der Waals surface area (Å²) in [6.45, 7) is 7.86. The molecule has 1 fully saturated rings. The van der Waals surface area contributed by atoms with E-state index in [0.29, 0.717) is 6.61 Å². The number of hydrogen-bond acceptors (Lipinski definition) is 4. The fraction of sp³-hybridized carbons (Fsp3) is 0.727. The molecular weight excluding hydrogens is 208 g/mol. The van der Waals surface area contributed by atoms with Crippen LogP contribution in [0.5, 0.6) is 0 Å². The van der Waals surface area contributed by atoms with E-state index in [2.05, 4.69) is 31.1 Å². The predicted molar refractivity (Wildman–Crippen MR) is 62.1 cm³/mol. The molecule has 2 N–H and O–H groups in total. The summed E-state index contributed by atoms with van der Waals surface area (Å²) in [4.78, 5) is 4.65. The second-order valence-corrected chi connectivity index (χ2v) is 6.10. The van der Waals surface area contributed by atoms with Crippen LogP contribution in [-0.4, -0.2) is 18.2 Å². The SMILES string of the molecule is CC(C)(C)c1nc(C2(N)CCOC2)cs1. The van der Waals surface area contributed by atoms with Gasteiger partial charge in [-0.05, 0) is 6.42 Å². The third-order valence-electron chi connectivity index (χ3n) is 2.71. The summed E-state index contributed by atoms with van der Waals surface area (Å²) in [5.74, 6) is 0. The molecule has 84 valence electrons. The van der Waals surface area contributed by atoms with E-state index in [1.54, 1.807) is 11.3 Å². The van der Waals surface area contributed by atoms with Crippen LogP contribution in [0.15, 0.2) is 5.38 Å². The van der Waals surface area contributed by atoms with Gasteiger partial charge in [0.2, 0.25) is 0 Å². The molecule has 15 heavy (non-hydrogen) atoms. The Bertz CT molecular complexity index is 348. The van der Waals surface area contributed by atoms with E-state index in [1.165, 1.54) is 0 Å². The summed E-state index contributed by atoms with van der Waals surface area (Å²) in [6, 6.07) is 0. The Morgan fingerprint density at radius 2 is 2.27 bits per heavy atom. The lowest BCUT2D eigenvalue weighted by atomic mass is 9.95. The zero-order valence-electron chi connectivity index (χ0n) is 9.54. The molecule has 0 aliphatic carbocycles. The normalized spacial score (nSPS) is 27.2. The molecule has 1 aromatic rings. The largest absolute Gasteiger partial charge is 0.379 e. The Kier molecular flexibility index (Phi) is 2.61. The van der Waals surface area contributed by atoms with Crippen LogP contribution in [0.4, 0.5) is 0 Å². The number of ether oxygens (including phenoxy) is 1. The van der Waals surface area contributed by atoms with Crippen LogP contribution < -0.4 is 5.73 Å². The Morgan fingerprint density at radius 3 is 2.73 bits per heavy atom. The second kappa shape index (κ2) is 3.54. The van der Waals surface area contributed by atoms with Crippen molar-refractivity contribution in [1.82, 2.24) is 4.98 Å². The Hall–Kier alpha value is -0.450. The fourth-order valence-electron chi connectivity index (χ4n) is 1.63. The monoisotopic (exact) mass is 226 g/mol. The molecule has 0 aromatic carbocycles. The van der Waals surface area contributed by atoms with Crippen molar-refractivity contribution in [3.05, 3.63) is 16.1 Å². The van der Waals surface area contributed by atoms with E-state index in [1.807, 2.05) is 0 Å². The summed E-state index contributed by atoms with van der Waals surface area (Å²) in [5, 5.41) is 3.23. The van der Waals surface area contributed by atoms with Gasteiger partial charge in [0.25, 0.3) is 0 Å². The Balaban J connectivity index is 2.27. The van der Waals surface area contributed by atoms with E-state index >= 15 is 0 Å². The number of aromatic nitrogens is 1. The van der Waals surface area contributed by atoms with Gasteiger partial charge in [0.1, 0.15) is 0 Å². The molecule has 4 heteroatoms. The molecule has 3 nitrogen and oxygen atoms in total. The predicted octanol–water partition coefficient (Wildman–Crippen LogP) is 2.01. The molecular formula is C11H18N2OS. The minimum Gasteiger partial charge on any atom is -0.379 e. The lowest BCUT2D eigenvalue weighted by molar-refractivity contribution is 0.177. The van der Waals surface area contributed by atoms with E-state index < -0.39 is 0 Å². The summed E-state index contributed by atoms with van der Waals surface area (Å²) in [6.07, 6.45) is 0.875. The maximum atomic E-state index is 6.26. The molecule has 2 rings (SSSR count). The van der Waals surface area contributed by atoms with Crippen LogP contribution in [-0.2, 0) is 15.7 Å². The molecule has 1 unspecified atom stereocenters. The minimum atomic E-state index is -0.347. The van der Waals surface area contributed by atoms with Gasteiger partial charge in [-0.3, -0.25) is 0 Å². The zero-order chi connectivity index (χ0) is 11.1. The Morgan fingerprint density at radius 1 is 1.53 bits per heavy atom. The molecule has 1 atom stereocenters. The smallest absolute Gasteiger partial charge is 0.0982 e. The fourth-order valence-corrected chi connectivity index (χ4v) is 2.64. The number of rotatable bonds is 1. The van der Waals surface area contributed by atoms with Crippen molar-refractivity contribution in [1.29, 1.82) is 0 Å². The molecule has 0 bridgehead atoms. The highest BCUT2D eigenvalue weighted by molar-refractivity contribution is 7.09. The van der Waals surface area contributed by atoms with Gasteiger partial charge in [-0.15, -0.1) is 11.3 Å². The molecule has 1 aliphatic rings. The molecule has 1 aromatic heterocycles. The first-order valence-corrected chi connectivity index (χ1v) is 6.13. The lowest BCUT2D eigenvalue weighted by Crippen LogP contribution is -2.37. The molecule has 1 saturated heterocycles. The van der Waals surface area contributed by atoms with Crippen LogP contribution in [0.1, 0.15) is 37.9 Å². The minimum absolute atomic E-state index is 0.110. The van der Waals surface area contributed by atoms with E-state index in [4.69, 9.17) is 10.5 Å². The van der Waals surface area contributed by atoms with Gasteiger partial charge in [-0.25, -0.2) is 4.98 Å². The first-order chi connectivity index (χ1) is 6.92. The summed E-state index contributed by atoms with van der Waals surface area (Å²) < 4.78 is 5.35. The maximum Gasteiger partial charge on any atom is 0.0982 e. The van der Waals surface area contributed by atoms with Crippen molar-refractivity contribution in [2.45, 2.75) is 38.1 Å². The standard InChI is InChI=1S/C11H18N2OS/c1-10(2,3)9-13-8(6-15-9)11(12)4-5-14-7-11/h6H,4-5,7,12H2,1-3H3. The molecule has 0 amide bonds. The first kappa shape index (κ1) is 11.0. The average molecular weight is 226 g/mol.